The summed E-state index contributed by atoms with van der Waals surface area (Å²) in [6.45, 7) is 0.231. The van der Waals surface area contributed by atoms with Gasteiger partial charge in [0.1, 0.15) is 0 Å². The summed E-state index contributed by atoms with van der Waals surface area (Å²) >= 11 is 0. The zero-order chi connectivity index (χ0) is 24.2. The van der Waals surface area contributed by atoms with Gasteiger partial charge < -0.3 is 20.7 Å². The van der Waals surface area contributed by atoms with Gasteiger partial charge in [0.25, 0.3) is 5.91 Å². The van der Waals surface area contributed by atoms with Crippen molar-refractivity contribution in [2.45, 2.75) is 12.8 Å². The lowest BCUT2D eigenvalue weighted by Gasteiger charge is -2.18. The Kier molecular flexibility index (Phi) is 6.67. The number of nitrogens with one attached hydrogen (secondary N) is 2. The summed E-state index contributed by atoms with van der Waals surface area (Å²) in [4.78, 5) is 50.2. The number of benzene rings is 3. The minimum Gasteiger partial charge on any atom is -0.423 e. The topological polar surface area (TPSA) is 133 Å². The van der Waals surface area contributed by atoms with E-state index in [0.717, 1.165) is 0 Å². The number of rotatable bonds is 7. The molecule has 0 aliphatic heterocycles. The van der Waals surface area contributed by atoms with Crippen LogP contribution in [-0.2, 0) is 4.79 Å². The first-order valence-electron chi connectivity index (χ1n) is 10.7. The second kappa shape index (κ2) is 9.82. The molecule has 0 aromatic heterocycles. The van der Waals surface area contributed by atoms with Gasteiger partial charge in [-0.25, -0.2) is 0 Å². The van der Waals surface area contributed by atoms with Crippen molar-refractivity contribution < 1.29 is 29.2 Å². The van der Waals surface area contributed by atoms with Crippen LogP contribution in [0.15, 0.2) is 66.7 Å². The van der Waals surface area contributed by atoms with E-state index in [-0.39, 0.29) is 52.6 Å². The number of carbonyl (C=O) groups excluding carboxylic acids is 4. The van der Waals surface area contributed by atoms with Crippen molar-refractivity contribution in [1.82, 2.24) is 5.32 Å². The molecule has 9 heteroatoms. The van der Waals surface area contributed by atoms with E-state index in [1.807, 2.05) is 0 Å². The third-order valence-corrected chi connectivity index (χ3v) is 5.52. The number of fused-ring (bicyclic) bond motifs is 2. The highest BCUT2D eigenvalue weighted by Gasteiger charge is 2.29. The Morgan fingerprint density at radius 3 is 2.18 bits per heavy atom. The maximum absolute atomic E-state index is 12.8. The third-order valence-electron chi connectivity index (χ3n) is 5.52. The summed E-state index contributed by atoms with van der Waals surface area (Å²) in [6, 6.07) is 17.2. The van der Waals surface area contributed by atoms with Gasteiger partial charge in [0.15, 0.2) is 11.6 Å². The number of anilines is 1. The Bertz CT molecular complexity index is 1300. The summed E-state index contributed by atoms with van der Waals surface area (Å²) in [5.74, 6) is -1.24. The normalized spacial score (nSPS) is 11.9. The van der Waals surface area contributed by atoms with Crippen molar-refractivity contribution in [2.24, 2.45) is 0 Å². The van der Waals surface area contributed by atoms with Crippen molar-refractivity contribution in [1.29, 1.82) is 0 Å². The first-order valence-corrected chi connectivity index (χ1v) is 10.7. The second-order valence-corrected chi connectivity index (χ2v) is 7.87. The van der Waals surface area contributed by atoms with Crippen LogP contribution in [0.2, 0.25) is 0 Å². The molecule has 0 radical (unpaired) electrons. The molecule has 4 rings (SSSR count). The molecule has 170 valence electrons. The van der Waals surface area contributed by atoms with Crippen molar-refractivity contribution in [2.75, 3.05) is 11.9 Å². The number of ketones is 2. The Morgan fingerprint density at radius 1 is 0.794 bits per heavy atom. The summed E-state index contributed by atoms with van der Waals surface area (Å²) in [7, 11) is -1.63. The molecule has 0 saturated carbocycles. The minimum absolute atomic E-state index is 0.139. The molecule has 1 aliphatic rings. The summed E-state index contributed by atoms with van der Waals surface area (Å²) < 4.78 is 0. The first kappa shape index (κ1) is 23.1. The third kappa shape index (κ3) is 4.80. The molecule has 0 atom stereocenters. The lowest BCUT2D eigenvalue weighted by molar-refractivity contribution is -0.116. The van der Waals surface area contributed by atoms with Crippen LogP contribution in [0.4, 0.5) is 5.69 Å². The Balaban J connectivity index is 1.32. The van der Waals surface area contributed by atoms with Gasteiger partial charge in [0.2, 0.25) is 5.91 Å². The van der Waals surface area contributed by atoms with E-state index in [2.05, 4.69) is 10.6 Å². The molecule has 0 bridgehead atoms. The van der Waals surface area contributed by atoms with Gasteiger partial charge in [-0.1, -0.05) is 36.4 Å². The van der Waals surface area contributed by atoms with Gasteiger partial charge in [-0.2, -0.15) is 0 Å². The number of hydrogen-bond acceptors (Lipinski definition) is 6. The van der Waals surface area contributed by atoms with E-state index < -0.39 is 13.0 Å². The molecule has 34 heavy (non-hydrogen) atoms. The zero-order valence-corrected chi connectivity index (χ0v) is 18.1. The van der Waals surface area contributed by atoms with Crippen molar-refractivity contribution in [3.63, 3.8) is 0 Å². The van der Waals surface area contributed by atoms with Gasteiger partial charge in [-0.3, -0.25) is 19.2 Å². The predicted molar refractivity (Wildman–Crippen MR) is 126 cm³/mol. The lowest BCUT2D eigenvalue weighted by Crippen LogP contribution is -2.30. The molecule has 0 spiro atoms. The van der Waals surface area contributed by atoms with Crippen LogP contribution in [-0.4, -0.2) is 47.1 Å². The molecule has 2 amide bonds. The molecular weight excluding hydrogens is 435 g/mol. The smallest absolute Gasteiger partial charge is 0.423 e. The molecule has 4 N–H and O–H groups in total. The van der Waals surface area contributed by atoms with Gasteiger partial charge in [0, 0.05) is 46.5 Å². The van der Waals surface area contributed by atoms with Crippen LogP contribution in [0.25, 0.3) is 0 Å². The maximum atomic E-state index is 12.8. The molecule has 3 aromatic rings. The van der Waals surface area contributed by atoms with Crippen LogP contribution >= 0.6 is 0 Å². The van der Waals surface area contributed by atoms with Crippen LogP contribution in [0.1, 0.15) is 55.0 Å². The first-order chi connectivity index (χ1) is 16.3. The molecule has 3 aromatic carbocycles. The van der Waals surface area contributed by atoms with Crippen molar-refractivity contribution in [3.05, 3.63) is 94.5 Å². The Labute approximate surface area is 195 Å². The van der Waals surface area contributed by atoms with E-state index in [1.54, 1.807) is 36.4 Å². The van der Waals surface area contributed by atoms with Crippen molar-refractivity contribution in [3.8, 4) is 0 Å². The van der Waals surface area contributed by atoms with E-state index in [4.69, 9.17) is 0 Å². The van der Waals surface area contributed by atoms with Gasteiger partial charge in [-0.05, 0) is 42.2 Å². The Hall–Kier alpha value is -4.08. The fourth-order valence-corrected chi connectivity index (χ4v) is 3.79. The molecule has 0 heterocycles. The molecule has 0 unspecified atom stereocenters. The monoisotopic (exact) mass is 456 g/mol. The number of carbonyl (C=O) groups is 4. The number of amides is 2. The summed E-state index contributed by atoms with van der Waals surface area (Å²) in [5, 5.41) is 23.8. The molecule has 1 aliphatic carbocycles. The van der Waals surface area contributed by atoms with Gasteiger partial charge >= 0.3 is 7.12 Å². The quantitative estimate of drug-likeness (QED) is 0.245. The Morgan fingerprint density at radius 2 is 1.47 bits per heavy atom. The fourth-order valence-electron chi connectivity index (χ4n) is 3.79. The van der Waals surface area contributed by atoms with Crippen LogP contribution in [0.5, 0.6) is 0 Å². The van der Waals surface area contributed by atoms with Crippen molar-refractivity contribution >= 4 is 41.6 Å². The average molecular weight is 456 g/mol. The van der Waals surface area contributed by atoms with E-state index >= 15 is 0 Å². The minimum atomic E-state index is -1.63. The number of hydrogen-bond donors (Lipinski definition) is 4. The van der Waals surface area contributed by atoms with Crippen LogP contribution in [0, 0.1) is 0 Å². The highest BCUT2D eigenvalue weighted by atomic mass is 16.4. The molecule has 0 saturated heterocycles. The summed E-state index contributed by atoms with van der Waals surface area (Å²) in [5.41, 5.74) is 2.11. The largest absolute Gasteiger partial charge is 0.488 e. The van der Waals surface area contributed by atoms with E-state index in [0.29, 0.717) is 23.2 Å². The van der Waals surface area contributed by atoms with Crippen LogP contribution < -0.4 is 16.1 Å². The van der Waals surface area contributed by atoms with Gasteiger partial charge in [-0.15, -0.1) is 0 Å². The molecule has 8 nitrogen and oxygen atoms in total. The second-order valence-electron chi connectivity index (χ2n) is 7.87. The predicted octanol–water partition coefficient (Wildman–Crippen LogP) is 1.29. The highest BCUT2D eigenvalue weighted by Crippen LogP contribution is 2.27. The lowest BCUT2D eigenvalue weighted by atomic mass is 9.80. The maximum Gasteiger partial charge on any atom is 0.488 e. The molecular formula is C25H21BN2O6. The van der Waals surface area contributed by atoms with E-state index in [1.165, 1.54) is 30.3 Å². The average Bonchev–Trinajstić information content (AvgIpc) is 2.85. The highest BCUT2D eigenvalue weighted by molar-refractivity contribution is 6.58. The summed E-state index contributed by atoms with van der Waals surface area (Å²) in [6.07, 6.45) is 0.510. The fraction of sp³-hybridized carbons (Fsp3) is 0.120. The SMILES string of the molecule is O=C(CCCNC(=O)c1ccc2c(c1)C(=O)c1ccccc1C2=O)Nc1cccc(B(O)O)c1. The standard InChI is InChI=1S/C25H21BN2O6/c29-22(28-17-6-3-5-16(14-17)26(33)34)9-4-12-27-25(32)15-10-11-20-21(13-15)24(31)19-8-2-1-7-18(19)23(20)30/h1-3,5-8,10-11,13-14,33-34H,4,9,12H2,(H,27,32)(H,28,29). The van der Waals surface area contributed by atoms with Gasteiger partial charge in [0.05, 0.1) is 0 Å². The van der Waals surface area contributed by atoms with E-state index in [9.17, 15) is 29.2 Å². The zero-order valence-electron chi connectivity index (χ0n) is 18.1. The molecule has 0 fully saturated rings. The van der Waals surface area contributed by atoms with Crippen LogP contribution in [0.3, 0.4) is 0 Å².